The number of carbonyl (C=O) groups excluding carboxylic acids is 4. The van der Waals surface area contributed by atoms with Crippen molar-refractivity contribution < 1.29 is 33.8 Å². The number of carbonyl (C=O) groups is 4. The van der Waals surface area contributed by atoms with E-state index in [0.29, 0.717) is 31.8 Å². The van der Waals surface area contributed by atoms with Crippen LogP contribution in [0.3, 0.4) is 0 Å². The van der Waals surface area contributed by atoms with Crippen LogP contribution in [0.15, 0.2) is 72.8 Å². The molecule has 1 aromatic heterocycles. The number of nitrogens with zero attached hydrogens (tertiary/aromatic N) is 4. The van der Waals surface area contributed by atoms with E-state index < -0.39 is 47.1 Å². The molecule has 310 valence electrons. The van der Waals surface area contributed by atoms with E-state index in [1.54, 1.807) is 34.1 Å². The van der Waals surface area contributed by atoms with Gasteiger partial charge in [0.25, 0.3) is 5.91 Å². The lowest BCUT2D eigenvalue weighted by atomic mass is 9.84. The summed E-state index contributed by atoms with van der Waals surface area (Å²) in [6.07, 6.45) is -1.10. The number of aromatic nitrogens is 1. The van der Waals surface area contributed by atoms with Crippen molar-refractivity contribution >= 4 is 23.9 Å². The van der Waals surface area contributed by atoms with Crippen molar-refractivity contribution in [3.63, 3.8) is 0 Å². The first-order valence-corrected chi connectivity index (χ1v) is 19.4. The Morgan fingerprint density at radius 3 is 2.14 bits per heavy atom. The summed E-state index contributed by atoms with van der Waals surface area (Å²) in [5, 5.41) is 19.4. The minimum absolute atomic E-state index is 0.103. The average Bonchev–Trinajstić information content (AvgIpc) is 3.50. The van der Waals surface area contributed by atoms with Gasteiger partial charge >= 0.3 is 12.1 Å². The molecule has 2 heterocycles. The molecule has 0 radical (unpaired) electrons. The van der Waals surface area contributed by atoms with Crippen LogP contribution in [-0.2, 0) is 33.7 Å². The first-order chi connectivity index (χ1) is 26.9. The zero-order valence-corrected chi connectivity index (χ0v) is 34.9. The molecule has 4 rings (SSSR count). The molecule has 57 heavy (non-hydrogen) atoms. The van der Waals surface area contributed by atoms with E-state index in [1.165, 1.54) is 7.11 Å². The molecule has 1 aliphatic heterocycles. The molecule has 0 aliphatic carbocycles. The number of rotatable bonds is 17. The SMILES string of the molecule is COC(=O)N[C@H](C(=O)NN(Cc1ccc(OC)cc1)C[C@H](O)[C@@H](Cc1ccccc1)NC(=O)[C@@H](N1CCN(CCc2cccc(C)n2)C1=O)C(C)(C)C)C(C)(C)C. The van der Waals surface area contributed by atoms with Gasteiger partial charge in [0.1, 0.15) is 17.8 Å². The zero-order chi connectivity index (χ0) is 41.9. The fraction of sp³-hybridized carbons (Fsp3) is 0.512. The number of hydrogen-bond acceptors (Lipinski definition) is 9. The lowest BCUT2D eigenvalue weighted by Crippen LogP contribution is -2.61. The van der Waals surface area contributed by atoms with Crippen molar-refractivity contribution in [3.05, 3.63) is 95.3 Å². The highest BCUT2D eigenvalue weighted by Crippen LogP contribution is 2.29. The minimum atomic E-state index is -1.21. The summed E-state index contributed by atoms with van der Waals surface area (Å²) in [7, 11) is 2.80. The Morgan fingerprint density at radius 2 is 1.54 bits per heavy atom. The van der Waals surface area contributed by atoms with Gasteiger partial charge in [-0.05, 0) is 59.6 Å². The predicted octanol–water partition coefficient (Wildman–Crippen LogP) is 4.49. The van der Waals surface area contributed by atoms with Gasteiger partial charge in [0.05, 0.1) is 26.4 Å². The van der Waals surface area contributed by atoms with Crippen molar-refractivity contribution in [2.45, 2.75) is 92.1 Å². The molecule has 0 bridgehead atoms. The maximum atomic E-state index is 14.5. The Labute approximate surface area is 337 Å². The molecule has 14 nitrogen and oxygen atoms in total. The number of pyridine rings is 1. The smallest absolute Gasteiger partial charge is 0.407 e. The Bertz CT molecular complexity index is 1790. The third-order valence-electron chi connectivity index (χ3n) is 9.97. The molecule has 14 heteroatoms. The quantitative estimate of drug-likeness (QED) is 0.144. The summed E-state index contributed by atoms with van der Waals surface area (Å²) in [5.74, 6) is -0.245. The maximum absolute atomic E-state index is 14.5. The number of hydrazine groups is 1. The number of amides is 5. The number of urea groups is 1. The number of aliphatic hydroxyl groups is 1. The normalized spacial score (nSPS) is 15.5. The topological polar surface area (TPSA) is 166 Å². The van der Waals surface area contributed by atoms with Gasteiger partial charge in [-0.15, -0.1) is 0 Å². The van der Waals surface area contributed by atoms with Crippen LogP contribution in [0.2, 0.25) is 0 Å². The molecule has 3 aromatic rings. The molecule has 0 unspecified atom stereocenters. The summed E-state index contributed by atoms with van der Waals surface area (Å²) in [6, 6.07) is 19.8. The van der Waals surface area contributed by atoms with Crippen LogP contribution in [0, 0.1) is 17.8 Å². The molecular formula is C43H61N7O7. The number of aryl methyl sites for hydroxylation is 1. The standard InChI is InChI=1S/C43H61N7O7/c1-29-14-13-17-32(44-29)22-23-48-24-25-50(41(48)55)37(43(5,6)7)39(53)45-34(26-30-15-11-10-12-16-30)35(51)28-49(27-31-18-20-33(56-8)21-19-31)47-38(52)36(42(2,3)4)46-40(54)57-9/h10-21,34-37,51H,22-28H2,1-9H3,(H,45,53)(H,46,54)(H,47,52)/t34-,35+,36-,37-/m1/s1. The molecule has 5 amide bonds. The van der Waals surface area contributed by atoms with Crippen LogP contribution in [0.4, 0.5) is 9.59 Å². The van der Waals surface area contributed by atoms with Crippen LogP contribution in [-0.4, -0.2) is 113 Å². The summed E-state index contributed by atoms with van der Waals surface area (Å²) in [5.41, 5.74) is 5.06. The Hall–Kier alpha value is -5.21. The van der Waals surface area contributed by atoms with Gasteiger partial charge < -0.3 is 35.0 Å². The number of aliphatic hydroxyl groups excluding tert-OH is 1. The van der Waals surface area contributed by atoms with Gasteiger partial charge in [0.15, 0.2) is 0 Å². The van der Waals surface area contributed by atoms with E-state index >= 15 is 0 Å². The second kappa shape index (κ2) is 19.8. The number of methoxy groups -OCH3 is 2. The molecule has 0 spiro atoms. The van der Waals surface area contributed by atoms with Crippen molar-refractivity contribution in [1.29, 1.82) is 0 Å². The Morgan fingerprint density at radius 1 is 0.860 bits per heavy atom. The second-order valence-corrected chi connectivity index (χ2v) is 16.8. The maximum Gasteiger partial charge on any atom is 0.407 e. The number of hydrogen-bond donors (Lipinski definition) is 4. The molecule has 1 aliphatic rings. The Balaban J connectivity index is 1.59. The van der Waals surface area contributed by atoms with E-state index in [9.17, 15) is 24.3 Å². The lowest BCUT2D eigenvalue weighted by molar-refractivity contribution is -0.133. The molecule has 1 saturated heterocycles. The highest BCUT2D eigenvalue weighted by atomic mass is 16.5. The van der Waals surface area contributed by atoms with E-state index in [2.05, 4.69) is 21.0 Å². The Kier molecular flexibility index (Phi) is 15.4. The van der Waals surface area contributed by atoms with Gasteiger partial charge in [0, 0.05) is 50.5 Å². The van der Waals surface area contributed by atoms with Gasteiger partial charge in [0.2, 0.25) is 5.91 Å². The largest absolute Gasteiger partial charge is 0.497 e. The number of alkyl carbamates (subject to hydrolysis) is 1. The summed E-state index contributed by atoms with van der Waals surface area (Å²) < 4.78 is 10.1. The first kappa shape index (κ1) is 44.5. The highest BCUT2D eigenvalue weighted by Gasteiger charge is 2.44. The lowest BCUT2D eigenvalue weighted by Gasteiger charge is -2.38. The zero-order valence-electron chi connectivity index (χ0n) is 34.9. The summed E-state index contributed by atoms with van der Waals surface area (Å²) >= 11 is 0. The van der Waals surface area contributed by atoms with Crippen LogP contribution >= 0.6 is 0 Å². The number of nitrogens with one attached hydrogen (secondary N) is 3. The van der Waals surface area contributed by atoms with E-state index in [4.69, 9.17) is 9.47 Å². The molecule has 1 fully saturated rings. The van der Waals surface area contributed by atoms with Gasteiger partial charge in [-0.25, -0.2) is 14.6 Å². The molecule has 4 N–H and O–H groups in total. The first-order valence-electron chi connectivity index (χ1n) is 19.4. The fourth-order valence-corrected chi connectivity index (χ4v) is 6.98. The van der Waals surface area contributed by atoms with E-state index in [-0.39, 0.29) is 31.4 Å². The van der Waals surface area contributed by atoms with E-state index in [1.807, 2.05) is 109 Å². The summed E-state index contributed by atoms with van der Waals surface area (Å²) in [4.78, 5) is 62.5. The number of benzene rings is 2. The monoisotopic (exact) mass is 787 g/mol. The van der Waals surface area contributed by atoms with Crippen molar-refractivity contribution in [2.24, 2.45) is 10.8 Å². The minimum Gasteiger partial charge on any atom is -0.497 e. The fourth-order valence-electron chi connectivity index (χ4n) is 6.98. The van der Waals surface area contributed by atoms with Crippen LogP contribution in [0.1, 0.15) is 64.1 Å². The van der Waals surface area contributed by atoms with Crippen molar-refractivity contribution in [3.8, 4) is 5.75 Å². The van der Waals surface area contributed by atoms with Gasteiger partial charge in [-0.1, -0.05) is 90.1 Å². The molecule has 2 aromatic carbocycles. The van der Waals surface area contributed by atoms with Crippen LogP contribution in [0.5, 0.6) is 5.75 Å². The predicted molar refractivity (Wildman–Crippen MR) is 218 cm³/mol. The highest BCUT2D eigenvalue weighted by molar-refractivity contribution is 5.89. The van der Waals surface area contributed by atoms with Crippen molar-refractivity contribution in [1.82, 2.24) is 35.9 Å². The third kappa shape index (κ3) is 12.9. The molecule has 4 atom stereocenters. The average molecular weight is 788 g/mol. The van der Waals surface area contributed by atoms with Crippen LogP contribution in [0.25, 0.3) is 0 Å². The summed E-state index contributed by atoms with van der Waals surface area (Å²) in [6.45, 7) is 14.5. The third-order valence-corrected chi connectivity index (χ3v) is 9.97. The molecule has 0 saturated carbocycles. The number of ether oxygens (including phenoxy) is 2. The van der Waals surface area contributed by atoms with Gasteiger partial charge in [-0.2, -0.15) is 0 Å². The molecular weight excluding hydrogens is 727 g/mol. The van der Waals surface area contributed by atoms with Crippen LogP contribution < -0.4 is 20.8 Å². The van der Waals surface area contributed by atoms with E-state index in [0.717, 1.165) is 22.5 Å². The van der Waals surface area contributed by atoms with Crippen molar-refractivity contribution in [2.75, 3.05) is 40.4 Å². The second-order valence-electron chi connectivity index (χ2n) is 16.8. The van der Waals surface area contributed by atoms with Gasteiger partial charge in [-0.3, -0.25) is 20.0 Å².